The second-order valence-electron chi connectivity index (χ2n) is 6.18. The number of morpholine rings is 1. The molecule has 1 aromatic rings. The maximum atomic E-state index is 12.6. The SMILES string of the molecule is CC(C)NCC1COCCN1c1nccn(C2CC2)c1=O. The predicted molar refractivity (Wildman–Crippen MR) is 81.9 cm³/mol. The molecule has 1 N–H and O–H groups in total. The second-order valence-corrected chi connectivity index (χ2v) is 6.18. The van der Waals surface area contributed by atoms with Crippen LogP contribution in [0.5, 0.6) is 0 Å². The van der Waals surface area contributed by atoms with Crippen molar-refractivity contribution >= 4 is 5.82 Å². The van der Waals surface area contributed by atoms with Gasteiger partial charge in [-0.15, -0.1) is 0 Å². The molecular weight excluding hydrogens is 268 g/mol. The lowest BCUT2D eigenvalue weighted by molar-refractivity contribution is 0.0925. The lowest BCUT2D eigenvalue weighted by atomic mass is 10.2. The molecule has 2 aliphatic rings. The van der Waals surface area contributed by atoms with Gasteiger partial charge < -0.3 is 19.5 Å². The Bertz CT molecular complexity index is 539. The third-order valence-corrected chi connectivity index (χ3v) is 4.05. The molecule has 1 aliphatic heterocycles. The van der Waals surface area contributed by atoms with Crippen LogP contribution in [-0.2, 0) is 4.74 Å². The molecule has 0 radical (unpaired) electrons. The summed E-state index contributed by atoms with van der Waals surface area (Å²) in [4.78, 5) is 19.1. The third kappa shape index (κ3) is 3.27. The molecule has 6 nitrogen and oxygen atoms in total. The molecule has 6 heteroatoms. The topological polar surface area (TPSA) is 59.4 Å². The van der Waals surface area contributed by atoms with Crippen molar-refractivity contribution < 1.29 is 4.74 Å². The summed E-state index contributed by atoms with van der Waals surface area (Å²) in [5.74, 6) is 0.572. The van der Waals surface area contributed by atoms with Crippen molar-refractivity contribution in [1.82, 2.24) is 14.9 Å². The largest absolute Gasteiger partial charge is 0.377 e. The maximum Gasteiger partial charge on any atom is 0.293 e. The van der Waals surface area contributed by atoms with Crippen molar-refractivity contribution in [1.29, 1.82) is 0 Å². The van der Waals surface area contributed by atoms with Crippen LogP contribution in [0.1, 0.15) is 32.7 Å². The summed E-state index contributed by atoms with van der Waals surface area (Å²) in [7, 11) is 0. The summed E-state index contributed by atoms with van der Waals surface area (Å²) >= 11 is 0. The molecule has 1 unspecified atom stereocenters. The van der Waals surface area contributed by atoms with E-state index in [0.29, 0.717) is 31.1 Å². The van der Waals surface area contributed by atoms with E-state index in [1.54, 1.807) is 6.20 Å². The number of nitrogens with zero attached hydrogens (tertiary/aromatic N) is 3. The van der Waals surface area contributed by atoms with E-state index in [9.17, 15) is 4.79 Å². The summed E-state index contributed by atoms with van der Waals surface area (Å²) in [6.07, 6.45) is 5.76. The van der Waals surface area contributed by atoms with Crippen molar-refractivity contribution in [3.63, 3.8) is 0 Å². The molecule has 0 aromatic carbocycles. The number of rotatable bonds is 5. The zero-order valence-corrected chi connectivity index (χ0v) is 12.8. The molecule has 1 aliphatic carbocycles. The van der Waals surface area contributed by atoms with E-state index in [-0.39, 0.29) is 11.6 Å². The minimum absolute atomic E-state index is 0.0384. The van der Waals surface area contributed by atoms with Gasteiger partial charge >= 0.3 is 0 Å². The van der Waals surface area contributed by atoms with Crippen LogP contribution < -0.4 is 15.8 Å². The van der Waals surface area contributed by atoms with E-state index >= 15 is 0 Å². The number of nitrogens with one attached hydrogen (secondary N) is 1. The van der Waals surface area contributed by atoms with Gasteiger partial charge in [0.2, 0.25) is 0 Å². The van der Waals surface area contributed by atoms with E-state index in [0.717, 1.165) is 25.9 Å². The Hall–Kier alpha value is -1.40. The quantitative estimate of drug-likeness (QED) is 0.869. The van der Waals surface area contributed by atoms with Crippen molar-refractivity contribution in [3.05, 3.63) is 22.7 Å². The highest BCUT2D eigenvalue weighted by Crippen LogP contribution is 2.33. The fourth-order valence-electron chi connectivity index (χ4n) is 2.73. The minimum atomic E-state index is 0.0384. The Morgan fingerprint density at radius 3 is 3.00 bits per heavy atom. The molecule has 0 bridgehead atoms. The first-order valence-electron chi connectivity index (χ1n) is 7.81. The Labute approximate surface area is 125 Å². The van der Waals surface area contributed by atoms with Gasteiger partial charge in [0.1, 0.15) is 0 Å². The lowest BCUT2D eigenvalue weighted by Crippen LogP contribution is -2.53. The van der Waals surface area contributed by atoms with Gasteiger partial charge in [0.15, 0.2) is 5.82 Å². The summed E-state index contributed by atoms with van der Waals surface area (Å²) in [5.41, 5.74) is 0.0384. The Kier molecular flexibility index (Phi) is 4.26. The Morgan fingerprint density at radius 1 is 1.48 bits per heavy atom. The number of aromatic nitrogens is 2. The zero-order valence-electron chi connectivity index (χ0n) is 12.8. The molecule has 2 fully saturated rings. The monoisotopic (exact) mass is 292 g/mol. The molecule has 21 heavy (non-hydrogen) atoms. The number of anilines is 1. The van der Waals surface area contributed by atoms with Gasteiger partial charge in [0.05, 0.1) is 19.3 Å². The molecule has 1 saturated carbocycles. The first-order chi connectivity index (χ1) is 10.2. The van der Waals surface area contributed by atoms with Crippen LogP contribution in [0.4, 0.5) is 5.82 Å². The van der Waals surface area contributed by atoms with Crippen LogP contribution in [0.2, 0.25) is 0 Å². The van der Waals surface area contributed by atoms with Crippen LogP contribution in [-0.4, -0.2) is 47.9 Å². The first kappa shape index (κ1) is 14.5. The van der Waals surface area contributed by atoms with Gasteiger partial charge in [-0.05, 0) is 12.8 Å². The second kappa shape index (κ2) is 6.15. The van der Waals surface area contributed by atoms with Crippen molar-refractivity contribution in [2.24, 2.45) is 0 Å². The van der Waals surface area contributed by atoms with Gasteiger partial charge in [0.25, 0.3) is 5.56 Å². The fraction of sp³-hybridized carbons (Fsp3) is 0.733. The fourth-order valence-corrected chi connectivity index (χ4v) is 2.73. The average molecular weight is 292 g/mol. The van der Waals surface area contributed by atoms with Crippen LogP contribution >= 0.6 is 0 Å². The predicted octanol–water partition coefficient (Wildman–Crippen LogP) is 0.781. The molecule has 0 spiro atoms. The van der Waals surface area contributed by atoms with Crippen molar-refractivity contribution in [3.8, 4) is 0 Å². The molecule has 116 valence electrons. The highest BCUT2D eigenvalue weighted by atomic mass is 16.5. The molecule has 1 aromatic heterocycles. The molecule has 2 heterocycles. The summed E-state index contributed by atoms with van der Waals surface area (Å²) in [6.45, 7) is 7.05. The molecule has 1 saturated heterocycles. The minimum Gasteiger partial charge on any atom is -0.377 e. The third-order valence-electron chi connectivity index (χ3n) is 4.05. The normalized spacial score (nSPS) is 22.8. The van der Waals surface area contributed by atoms with Crippen molar-refractivity contribution in [2.45, 2.75) is 44.8 Å². The van der Waals surface area contributed by atoms with Crippen LogP contribution in [0.25, 0.3) is 0 Å². The summed E-state index contributed by atoms with van der Waals surface area (Å²) in [5, 5.41) is 3.43. The van der Waals surface area contributed by atoms with Gasteiger partial charge in [-0.1, -0.05) is 13.8 Å². The van der Waals surface area contributed by atoms with E-state index in [1.807, 2.05) is 10.8 Å². The summed E-state index contributed by atoms with van der Waals surface area (Å²) < 4.78 is 7.42. The smallest absolute Gasteiger partial charge is 0.293 e. The van der Waals surface area contributed by atoms with Gasteiger partial charge in [0, 0.05) is 37.6 Å². The van der Waals surface area contributed by atoms with Crippen LogP contribution in [0.3, 0.4) is 0 Å². The van der Waals surface area contributed by atoms with Gasteiger partial charge in [-0.2, -0.15) is 0 Å². The average Bonchev–Trinajstić information content (AvgIpc) is 3.30. The number of hydrogen-bond donors (Lipinski definition) is 1. The standard InChI is InChI=1S/C15H24N4O2/c1-11(2)17-9-13-10-21-8-7-18(13)14-15(20)19(6-5-16-14)12-3-4-12/h5-6,11-13,17H,3-4,7-10H2,1-2H3. The molecule has 3 rings (SSSR count). The number of ether oxygens (including phenoxy) is 1. The molecule has 1 atom stereocenters. The van der Waals surface area contributed by atoms with Gasteiger partial charge in [-0.3, -0.25) is 4.79 Å². The van der Waals surface area contributed by atoms with Crippen LogP contribution in [0.15, 0.2) is 17.2 Å². The molecule has 0 amide bonds. The Balaban J connectivity index is 1.82. The maximum absolute atomic E-state index is 12.6. The Morgan fingerprint density at radius 2 is 2.29 bits per heavy atom. The summed E-state index contributed by atoms with van der Waals surface area (Å²) in [6, 6.07) is 0.963. The van der Waals surface area contributed by atoms with Gasteiger partial charge in [-0.25, -0.2) is 4.98 Å². The highest BCUT2D eigenvalue weighted by molar-refractivity contribution is 5.38. The lowest BCUT2D eigenvalue weighted by Gasteiger charge is -2.36. The number of hydrogen-bond acceptors (Lipinski definition) is 5. The van der Waals surface area contributed by atoms with E-state index < -0.39 is 0 Å². The van der Waals surface area contributed by atoms with E-state index in [2.05, 4.69) is 29.0 Å². The molecular formula is C15H24N4O2. The van der Waals surface area contributed by atoms with Crippen LogP contribution in [0, 0.1) is 0 Å². The van der Waals surface area contributed by atoms with E-state index in [4.69, 9.17) is 4.74 Å². The van der Waals surface area contributed by atoms with E-state index in [1.165, 1.54) is 0 Å². The van der Waals surface area contributed by atoms with Crippen molar-refractivity contribution in [2.75, 3.05) is 31.2 Å². The zero-order chi connectivity index (χ0) is 14.8. The first-order valence-corrected chi connectivity index (χ1v) is 7.81. The highest BCUT2D eigenvalue weighted by Gasteiger charge is 2.30.